The topological polar surface area (TPSA) is 20.2 Å². The Labute approximate surface area is 105 Å². The van der Waals surface area contributed by atoms with E-state index < -0.39 is 0 Å². The van der Waals surface area contributed by atoms with Gasteiger partial charge in [-0.3, -0.25) is 4.68 Å². The molecule has 1 saturated heterocycles. The molecule has 1 aromatic rings. The van der Waals surface area contributed by atoms with Crippen LogP contribution in [0.5, 0.6) is 0 Å². The third kappa shape index (κ3) is 2.83. The summed E-state index contributed by atoms with van der Waals surface area (Å²) in [6, 6.07) is 4.89. The Bertz CT molecular complexity index is 342. The number of aryl methyl sites for hydroxylation is 2. The fraction of sp³-hybridized carbons (Fsp3) is 0.714. The molecule has 1 aromatic heterocycles. The zero-order valence-electron chi connectivity index (χ0n) is 11.5. The van der Waals surface area contributed by atoms with Gasteiger partial charge in [0, 0.05) is 17.4 Å². The lowest BCUT2D eigenvalue weighted by Gasteiger charge is -2.34. The van der Waals surface area contributed by atoms with E-state index in [1.165, 1.54) is 37.3 Å². The van der Waals surface area contributed by atoms with E-state index in [4.69, 9.17) is 0 Å². The molecule has 1 atom stereocenters. The van der Waals surface area contributed by atoms with Crippen LogP contribution in [0.25, 0.3) is 0 Å². The minimum absolute atomic E-state index is 0.550. The molecular weight excluding hydrogens is 210 g/mol. The number of hydrogen-bond donors (Lipinski definition) is 1. The maximum absolute atomic E-state index is 3.64. The van der Waals surface area contributed by atoms with Crippen LogP contribution in [0.3, 0.4) is 0 Å². The minimum atomic E-state index is 0.550. The second kappa shape index (κ2) is 5.13. The Morgan fingerprint density at radius 3 is 2.24 bits per heavy atom. The molecule has 2 heterocycles. The van der Waals surface area contributed by atoms with Crippen LogP contribution in [-0.2, 0) is 0 Å². The van der Waals surface area contributed by atoms with Crippen LogP contribution in [-0.4, -0.2) is 35.8 Å². The highest BCUT2D eigenvalue weighted by Crippen LogP contribution is 2.20. The molecule has 1 aliphatic heterocycles. The van der Waals surface area contributed by atoms with Gasteiger partial charge in [-0.2, -0.15) is 0 Å². The summed E-state index contributed by atoms with van der Waals surface area (Å²) in [6.45, 7) is 9.10. The maximum Gasteiger partial charge on any atom is 0.0425 e. The second-order valence-electron chi connectivity index (χ2n) is 5.51. The minimum Gasteiger partial charge on any atom is -0.323 e. The monoisotopic (exact) mass is 235 g/mol. The molecule has 0 spiro atoms. The summed E-state index contributed by atoms with van der Waals surface area (Å²) in [7, 11) is 2.22. The molecule has 1 N–H and O–H groups in total. The van der Waals surface area contributed by atoms with Crippen molar-refractivity contribution in [3.05, 3.63) is 23.5 Å². The first kappa shape index (κ1) is 12.5. The average Bonchev–Trinajstić information content (AvgIpc) is 2.61. The van der Waals surface area contributed by atoms with Gasteiger partial charge >= 0.3 is 0 Å². The van der Waals surface area contributed by atoms with Gasteiger partial charge in [0.1, 0.15) is 0 Å². The molecule has 3 heteroatoms. The molecule has 1 aliphatic rings. The zero-order chi connectivity index (χ0) is 12.4. The van der Waals surface area contributed by atoms with Gasteiger partial charge < -0.3 is 10.3 Å². The van der Waals surface area contributed by atoms with Gasteiger partial charge in [0.05, 0.1) is 0 Å². The van der Waals surface area contributed by atoms with E-state index in [-0.39, 0.29) is 0 Å². The standard InChI is InChI=1S/C14H25N3/c1-11-5-6-12(2)17(11)15-13(3)14-7-9-16(4)10-8-14/h5-6,13-15H,7-10H2,1-4H3. The largest absolute Gasteiger partial charge is 0.323 e. The molecule has 0 amide bonds. The van der Waals surface area contributed by atoms with E-state index in [0.717, 1.165) is 5.92 Å². The van der Waals surface area contributed by atoms with Gasteiger partial charge in [-0.25, -0.2) is 0 Å². The molecule has 17 heavy (non-hydrogen) atoms. The summed E-state index contributed by atoms with van der Waals surface area (Å²) in [5.41, 5.74) is 6.23. The predicted molar refractivity (Wildman–Crippen MR) is 72.9 cm³/mol. The van der Waals surface area contributed by atoms with Crippen molar-refractivity contribution in [2.24, 2.45) is 5.92 Å². The summed E-state index contributed by atoms with van der Waals surface area (Å²) in [5, 5.41) is 0. The van der Waals surface area contributed by atoms with Gasteiger partial charge in [0.15, 0.2) is 0 Å². The molecule has 1 unspecified atom stereocenters. The Hall–Kier alpha value is -0.960. The molecule has 96 valence electrons. The van der Waals surface area contributed by atoms with Crippen LogP contribution in [0.4, 0.5) is 0 Å². The van der Waals surface area contributed by atoms with E-state index in [0.29, 0.717) is 6.04 Å². The van der Waals surface area contributed by atoms with Crippen molar-refractivity contribution in [3.63, 3.8) is 0 Å². The summed E-state index contributed by atoms with van der Waals surface area (Å²) >= 11 is 0. The fourth-order valence-electron chi connectivity index (χ4n) is 2.71. The van der Waals surface area contributed by atoms with Crippen LogP contribution in [0.1, 0.15) is 31.2 Å². The van der Waals surface area contributed by atoms with Crippen LogP contribution in [0.2, 0.25) is 0 Å². The molecule has 0 aliphatic carbocycles. The van der Waals surface area contributed by atoms with Crippen molar-refractivity contribution in [2.45, 2.75) is 39.7 Å². The lowest BCUT2D eigenvalue weighted by molar-refractivity contribution is 0.204. The molecule has 0 bridgehead atoms. The van der Waals surface area contributed by atoms with E-state index in [2.05, 4.69) is 55.0 Å². The van der Waals surface area contributed by atoms with Crippen molar-refractivity contribution >= 4 is 0 Å². The first-order chi connectivity index (χ1) is 8.08. The third-order valence-electron chi connectivity index (χ3n) is 4.07. The van der Waals surface area contributed by atoms with E-state index in [1.807, 2.05) is 0 Å². The van der Waals surface area contributed by atoms with Gasteiger partial charge in [-0.15, -0.1) is 0 Å². The summed E-state index contributed by atoms with van der Waals surface area (Å²) in [6.07, 6.45) is 2.62. The van der Waals surface area contributed by atoms with Crippen molar-refractivity contribution in [1.82, 2.24) is 9.58 Å². The van der Waals surface area contributed by atoms with Crippen molar-refractivity contribution in [1.29, 1.82) is 0 Å². The molecular formula is C14H25N3. The molecule has 2 rings (SSSR count). The van der Waals surface area contributed by atoms with Crippen molar-refractivity contribution in [2.75, 3.05) is 25.6 Å². The molecule has 3 nitrogen and oxygen atoms in total. The van der Waals surface area contributed by atoms with Gasteiger partial charge in [-0.1, -0.05) is 0 Å². The SMILES string of the molecule is Cc1ccc(C)n1NC(C)C1CCN(C)CC1. The second-order valence-corrected chi connectivity index (χ2v) is 5.51. The third-order valence-corrected chi connectivity index (χ3v) is 4.07. The Kier molecular flexibility index (Phi) is 3.77. The first-order valence-electron chi connectivity index (χ1n) is 6.68. The van der Waals surface area contributed by atoms with Crippen molar-refractivity contribution in [3.8, 4) is 0 Å². The van der Waals surface area contributed by atoms with Gasteiger partial charge in [0.25, 0.3) is 0 Å². The highest BCUT2D eigenvalue weighted by Gasteiger charge is 2.22. The van der Waals surface area contributed by atoms with Crippen LogP contribution in [0, 0.1) is 19.8 Å². The fourth-order valence-corrected chi connectivity index (χ4v) is 2.71. The lowest BCUT2D eigenvalue weighted by atomic mass is 9.91. The lowest BCUT2D eigenvalue weighted by Crippen LogP contribution is -2.40. The van der Waals surface area contributed by atoms with Crippen LogP contribution in [0.15, 0.2) is 12.1 Å². The Balaban J connectivity index is 1.95. The van der Waals surface area contributed by atoms with E-state index >= 15 is 0 Å². The number of nitrogens with one attached hydrogen (secondary N) is 1. The summed E-state index contributed by atoms with van der Waals surface area (Å²) in [4.78, 5) is 2.43. The van der Waals surface area contributed by atoms with E-state index in [9.17, 15) is 0 Å². The summed E-state index contributed by atoms with van der Waals surface area (Å²) < 4.78 is 2.23. The highest BCUT2D eigenvalue weighted by atomic mass is 15.4. The Morgan fingerprint density at radius 1 is 1.18 bits per heavy atom. The summed E-state index contributed by atoms with van der Waals surface area (Å²) in [5.74, 6) is 0.799. The zero-order valence-corrected chi connectivity index (χ0v) is 11.5. The maximum atomic E-state index is 3.64. The molecule has 0 saturated carbocycles. The van der Waals surface area contributed by atoms with Gasteiger partial charge in [-0.05, 0) is 71.8 Å². The van der Waals surface area contributed by atoms with Crippen LogP contribution >= 0.6 is 0 Å². The van der Waals surface area contributed by atoms with Gasteiger partial charge in [0.2, 0.25) is 0 Å². The van der Waals surface area contributed by atoms with Crippen LogP contribution < -0.4 is 5.43 Å². The predicted octanol–water partition coefficient (Wildman–Crippen LogP) is 2.38. The van der Waals surface area contributed by atoms with Crippen molar-refractivity contribution < 1.29 is 0 Å². The smallest absolute Gasteiger partial charge is 0.0425 e. The quantitative estimate of drug-likeness (QED) is 0.868. The number of aromatic nitrogens is 1. The Morgan fingerprint density at radius 2 is 1.71 bits per heavy atom. The first-order valence-corrected chi connectivity index (χ1v) is 6.68. The van der Waals surface area contributed by atoms with E-state index in [1.54, 1.807) is 0 Å². The number of rotatable bonds is 3. The molecule has 0 radical (unpaired) electrons. The number of nitrogens with zero attached hydrogens (tertiary/aromatic N) is 2. The number of hydrogen-bond acceptors (Lipinski definition) is 2. The number of piperidine rings is 1. The average molecular weight is 235 g/mol. The molecule has 0 aromatic carbocycles. The molecule has 1 fully saturated rings. The highest BCUT2D eigenvalue weighted by molar-refractivity contribution is 5.16. The number of likely N-dealkylation sites (tertiary alicyclic amines) is 1. The normalized spacial score (nSPS) is 20.5.